The number of aliphatic hydroxyl groups excluding tert-OH is 1. The summed E-state index contributed by atoms with van der Waals surface area (Å²) >= 11 is 0. The van der Waals surface area contributed by atoms with Crippen molar-refractivity contribution in [3.05, 3.63) is 83.4 Å². The van der Waals surface area contributed by atoms with E-state index in [1.165, 1.54) is 0 Å². The van der Waals surface area contributed by atoms with Crippen molar-refractivity contribution in [1.29, 1.82) is 0 Å². The molecule has 0 radical (unpaired) electrons. The second-order valence-electron chi connectivity index (χ2n) is 7.64. The average Bonchev–Trinajstić information content (AvgIpc) is 3.29. The van der Waals surface area contributed by atoms with Gasteiger partial charge in [0.25, 0.3) is 0 Å². The van der Waals surface area contributed by atoms with Crippen LogP contribution < -0.4 is 15.8 Å². The van der Waals surface area contributed by atoms with Gasteiger partial charge in [0.05, 0.1) is 30.3 Å². The fourth-order valence-electron chi connectivity index (χ4n) is 4.29. The number of primary amides is 1. The van der Waals surface area contributed by atoms with Crippen LogP contribution in [0.15, 0.2) is 66.7 Å². The first-order valence-corrected chi connectivity index (χ1v) is 10.0. The number of carbonyl (C=O) groups excluding carboxylic acids is 1. The largest absolute Gasteiger partial charge is 0.497 e. The van der Waals surface area contributed by atoms with Crippen molar-refractivity contribution in [2.24, 2.45) is 5.73 Å². The third-order valence-electron chi connectivity index (χ3n) is 5.77. The molecule has 0 fully saturated rings. The molecule has 0 unspecified atom stereocenters. The first-order chi connectivity index (χ1) is 15.0. The predicted molar refractivity (Wildman–Crippen MR) is 119 cm³/mol. The Morgan fingerprint density at radius 3 is 2.68 bits per heavy atom. The molecule has 1 aromatic heterocycles. The van der Waals surface area contributed by atoms with E-state index in [1.807, 2.05) is 59.2 Å². The normalized spacial score (nSPS) is 17.5. The van der Waals surface area contributed by atoms with Crippen molar-refractivity contribution in [3.63, 3.8) is 0 Å². The van der Waals surface area contributed by atoms with Gasteiger partial charge in [-0.2, -0.15) is 0 Å². The number of nitrogens with zero attached hydrogens (tertiary/aromatic N) is 2. The van der Waals surface area contributed by atoms with Gasteiger partial charge in [-0.25, -0.2) is 4.98 Å². The van der Waals surface area contributed by atoms with Crippen molar-refractivity contribution >= 4 is 28.6 Å². The number of hydrogen-bond acceptors (Lipinski definition) is 5. The van der Waals surface area contributed by atoms with E-state index in [0.29, 0.717) is 23.4 Å². The molecule has 0 saturated heterocycles. The smallest absolute Gasteiger partial charge is 0.248 e. The molecule has 3 aromatic carbocycles. The van der Waals surface area contributed by atoms with E-state index in [9.17, 15) is 9.90 Å². The summed E-state index contributed by atoms with van der Waals surface area (Å²) in [5.41, 5.74) is 10.3. The molecule has 4 N–H and O–H groups in total. The summed E-state index contributed by atoms with van der Waals surface area (Å²) in [6, 6.07) is 20.5. The van der Waals surface area contributed by atoms with Gasteiger partial charge in [-0.15, -0.1) is 0 Å². The summed E-state index contributed by atoms with van der Waals surface area (Å²) in [4.78, 5) is 16.4. The van der Waals surface area contributed by atoms with Gasteiger partial charge in [-0.05, 0) is 53.6 Å². The van der Waals surface area contributed by atoms with Crippen LogP contribution in [-0.4, -0.2) is 33.8 Å². The Kier molecular flexibility index (Phi) is 4.60. The molecule has 0 saturated carbocycles. The third kappa shape index (κ3) is 3.29. The van der Waals surface area contributed by atoms with Crippen LogP contribution in [0, 0.1) is 0 Å². The molecule has 0 bridgehead atoms. The van der Waals surface area contributed by atoms with E-state index >= 15 is 0 Å². The number of rotatable bonds is 5. The number of anilines is 2. The fourth-order valence-corrected chi connectivity index (χ4v) is 4.29. The lowest BCUT2D eigenvalue weighted by molar-refractivity contribution is 0.100. The average molecular weight is 414 g/mol. The van der Waals surface area contributed by atoms with Gasteiger partial charge in [0, 0.05) is 17.7 Å². The number of hydrogen-bond donors (Lipinski definition) is 3. The molecule has 2 atom stereocenters. The number of imidazole rings is 1. The molecule has 31 heavy (non-hydrogen) atoms. The van der Waals surface area contributed by atoms with Crippen LogP contribution in [-0.2, 0) is 6.42 Å². The molecule has 0 spiro atoms. The number of benzene rings is 3. The molecule has 7 heteroatoms. The number of nitrogens with two attached hydrogens (primary N) is 1. The third-order valence-corrected chi connectivity index (χ3v) is 5.77. The quantitative estimate of drug-likeness (QED) is 0.465. The zero-order valence-corrected chi connectivity index (χ0v) is 16.9. The molecular weight excluding hydrogens is 392 g/mol. The molecule has 0 aliphatic heterocycles. The van der Waals surface area contributed by atoms with Crippen molar-refractivity contribution in [2.75, 3.05) is 12.4 Å². The number of carbonyl (C=O) groups is 1. The summed E-state index contributed by atoms with van der Waals surface area (Å²) in [5.74, 6) is 0.820. The standard InChI is InChI=1S/C24H22N4O3/c1-31-17-9-7-16(8-10-17)26-24-27-19-12-15(23(25)30)6-11-20(19)28(24)22-18-5-3-2-4-14(18)13-21(22)29/h2-12,21-22,29H,13H2,1H3,(H2,25,30)(H,26,27)/t21-,22+/m0/s1. The van der Waals surface area contributed by atoms with Crippen LogP contribution in [0.2, 0.25) is 0 Å². The number of aliphatic hydroxyl groups is 1. The maximum absolute atomic E-state index is 11.7. The lowest BCUT2D eigenvalue weighted by atomic mass is 10.1. The molecule has 1 aliphatic rings. The van der Waals surface area contributed by atoms with Crippen molar-refractivity contribution in [3.8, 4) is 5.75 Å². The minimum Gasteiger partial charge on any atom is -0.497 e. The Labute approximate surface area is 179 Å². The highest BCUT2D eigenvalue weighted by Gasteiger charge is 2.35. The lowest BCUT2D eigenvalue weighted by Crippen LogP contribution is -2.22. The molecule has 5 rings (SSSR count). The number of methoxy groups -OCH3 is 1. The number of ether oxygens (including phenoxy) is 1. The molecular formula is C24H22N4O3. The second kappa shape index (κ2) is 7.45. The summed E-state index contributed by atoms with van der Waals surface area (Å²) in [6.45, 7) is 0. The van der Waals surface area contributed by atoms with Crippen LogP contribution in [0.5, 0.6) is 5.75 Å². The summed E-state index contributed by atoms with van der Waals surface area (Å²) < 4.78 is 7.24. The Hall–Kier alpha value is -3.84. The first-order valence-electron chi connectivity index (χ1n) is 10.0. The number of amides is 1. The Morgan fingerprint density at radius 1 is 1.16 bits per heavy atom. The van der Waals surface area contributed by atoms with E-state index in [1.54, 1.807) is 19.2 Å². The van der Waals surface area contributed by atoms with Gasteiger partial charge in [0.1, 0.15) is 5.75 Å². The first kappa shape index (κ1) is 19.1. The fraction of sp³-hybridized carbons (Fsp3) is 0.167. The van der Waals surface area contributed by atoms with E-state index in [4.69, 9.17) is 15.5 Å². The monoisotopic (exact) mass is 414 g/mol. The van der Waals surface area contributed by atoms with Crippen molar-refractivity contribution in [2.45, 2.75) is 18.6 Å². The molecule has 1 amide bonds. The van der Waals surface area contributed by atoms with E-state index in [2.05, 4.69) is 5.32 Å². The molecule has 7 nitrogen and oxygen atoms in total. The topological polar surface area (TPSA) is 102 Å². The maximum Gasteiger partial charge on any atom is 0.248 e. The second-order valence-corrected chi connectivity index (χ2v) is 7.64. The minimum atomic E-state index is -0.595. The van der Waals surface area contributed by atoms with Crippen LogP contribution in [0.4, 0.5) is 11.6 Å². The number of nitrogens with one attached hydrogen (secondary N) is 1. The van der Waals surface area contributed by atoms with E-state index < -0.39 is 12.0 Å². The predicted octanol–water partition coefficient (Wildman–Crippen LogP) is 3.39. The Morgan fingerprint density at radius 2 is 1.94 bits per heavy atom. The molecule has 156 valence electrons. The Bertz CT molecular complexity index is 1280. The van der Waals surface area contributed by atoms with Gasteiger partial charge >= 0.3 is 0 Å². The number of aromatic nitrogens is 2. The van der Waals surface area contributed by atoms with Gasteiger partial charge < -0.3 is 20.9 Å². The summed E-state index contributed by atoms with van der Waals surface area (Å²) in [7, 11) is 1.62. The number of fused-ring (bicyclic) bond motifs is 2. The lowest BCUT2D eigenvalue weighted by Gasteiger charge is -2.22. The van der Waals surface area contributed by atoms with Crippen LogP contribution in [0.25, 0.3) is 11.0 Å². The SMILES string of the molecule is COc1ccc(Nc2nc3cc(C(N)=O)ccc3n2[C@@H]2c3ccccc3C[C@@H]2O)cc1. The highest BCUT2D eigenvalue weighted by Crippen LogP contribution is 2.39. The van der Waals surface area contributed by atoms with Crippen molar-refractivity contribution in [1.82, 2.24) is 9.55 Å². The highest BCUT2D eigenvalue weighted by molar-refractivity contribution is 5.96. The zero-order chi connectivity index (χ0) is 21.5. The van der Waals surface area contributed by atoms with Gasteiger partial charge in [-0.1, -0.05) is 24.3 Å². The van der Waals surface area contributed by atoms with Gasteiger partial charge in [-0.3, -0.25) is 9.36 Å². The maximum atomic E-state index is 11.7. The minimum absolute atomic E-state index is 0.304. The van der Waals surface area contributed by atoms with E-state index in [0.717, 1.165) is 28.1 Å². The van der Waals surface area contributed by atoms with E-state index in [-0.39, 0.29) is 6.04 Å². The van der Waals surface area contributed by atoms with Gasteiger partial charge in [0.2, 0.25) is 11.9 Å². The van der Waals surface area contributed by atoms with Crippen molar-refractivity contribution < 1.29 is 14.6 Å². The van der Waals surface area contributed by atoms with Gasteiger partial charge in [0.15, 0.2) is 0 Å². The highest BCUT2D eigenvalue weighted by atomic mass is 16.5. The molecule has 1 heterocycles. The van der Waals surface area contributed by atoms with Crippen LogP contribution in [0.3, 0.4) is 0 Å². The van der Waals surface area contributed by atoms with Crippen LogP contribution in [0.1, 0.15) is 27.5 Å². The zero-order valence-electron chi connectivity index (χ0n) is 16.9. The van der Waals surface area contributed by atoms with Crippen LogP contribution >= 0.6 is 0 Å². The summed E-state index contributed by atoms with van der Waals surface area (Å²) in [5, 5.41) is 14.3. The Balaban J connectivity index is 1.67. The molecule has 4 aromatic rings. The summed E-state index contributed by atoms with van der Waals surface area (Å²) in [6.07, 6.45) is -0.0241. The molecule has 1 aliphatic carbocycles.